The van der Waals surface area contributed by atoms with E-state index in [0.717, 1.165) is 18.4 Å². The average molecular weight is 612 g/mol. The maximum Gasteiger partial charge on any atom is 0.244 e. The Morgan fingerprint density at radius 1 is 1.14 bits per heavy atom. The van der Waals surface area contributed by atoms with Crippen LogP contribution in [0.2, 0.25) is 0 Å². The molecular formula is C29H37N7O4S2. The highest BCUT2D eigenvalue weighted by atomic mass is 32.2. The third-order valence-corrected chi connectivity index (χ3v) is 10.2. The van der Waals surface area contributed by atoms with Crippen LogP contribution in [0.5, 0.6) is 0 Å². The van der Waals surface area contributed by atoms with Crippen LogP contribution in [0, 0.1) is 11.3 Å². The van der Waals surface area contributed by atoms with E-state index < -0.39 is 12.1 Å². The molecule has 1 aromatic heterocycles. The van der Waals surface area contributed by atoms with Crippen molar-refractivity contribution in [2.45, 2.75) is 50.2 Å². The van der Waals surface area contributed by atoms with Gasteiger partial charge in [0.1, 0.15) is 6.04 Å². The molecule has 3 aliphatic heterocycles. The number of aromatic nitrogens is 1. The SMILES string of the molecule is N=C(N)N1CCCC(CC(NC(=O)C2CSCC3CN(C(=O)CCc4ccccc4)CC(=O)N32)C(=O)c2nccs2)C1. The Hall–Kier alpha value is -3.45. The fraction of sp³-hybridized carbons (Fsp3) is 0.517. The summed E-state index contributed by atoms with van der Waals surface area (Å²) in [6.45, 7) is 1.59. The minimum absolute atomic E-state index is 0.00742. The Balaban J connectivity index is 1.24. The van der Waals surface area contributed by atoms with Crippen LogP contribution in [0.1, 0.15) is 41.0 Å². The Morgan fingerprint density at radius 3 is 2.69 bits per heavy atom. The van der Waals surface area contributed by atoms with E-state index in [2.05, 4.69) is 10.3 Å². The number of benzene rings is 1. The number of thiazole rings is 1. The number of piperazine rings is 1. The van der Waals surface area contributed by atoms with E-state index in [-0.39, 0.29) is 48.0 Å². The number of piperidine rings is 1. The summed E-state index contributed by atoms with van der Waals surface area (Å²) in [4.78, 5) is 62.8. The zero-order valence-electron chi connectivity index (χ0n) is 23.4. The van der Waals surface area contributed by atoms with Crippen LogP contribution >= 0.6 is 23.1 Å². The van der Waals surface area contributed by atoms with Gasteiger partial charge in [-0.3, -0.25) is 24.6 Å². The molecule has 42 heavy (non-hydrogen) atoms. The number of rotatable bonds is 9. The molecule has 1 aromatic carbocycles. The highest BCUT2D eigenvalue weighted by Gasteiger charge is 2.44. The normalized spacial score (nSPS) is 23.2. The van der Waals surface area contributed by atoms with Crippen molar-refractivity contribution < 1.29 is 19.2 Å². The van der Waals surface area contributed by atoms with E-state index in [4.69, 9.17) is 11.1 Å². The van der Waals surface area contributed by atoms with Crippen molar-refractivity contribution in [3.05, 3.63) is 52.5 Å². The number of fused-ring (bicyclic) bond motifs is 1. The molecule has 2 aromatic rings. The number of hydrogen-bond acceptors (Lipinski definition) is 8. The largest absolute Gasteiger partial charge is 0.370 e. The van der Waals surface area contributed by atoms with Crippen LogP contribution in [-0.4, -0.2) is 105 Å². The van der Waals surface area contributed by atoms with Gasteiger partial charge in [-0.2, -0.15) is 11.8 Å². The fourth-order valence-corrected chi connectivity index (χ4v) is 7.90. The van der Waals surface area contributed by atoms with Crippen molar-refractivity contribution in [1.29, 1.82) is 5.41 Å². The second kappa shape index (κ2) is 13.7. The summed E-state index contributed by atoms with van der Waals surface area (Å²) >= 11 is 2.81. The van der Waals surface area contributed by atoms with Crippen molar-refractivity contribution >= 4 is 52.6 Å². The third-order valence-electron chi connectivity index (χ3n) is 8.19. The van der Waals surface area contributed by atoms with Crippen molar-refractivity contribution in [1.82, 2.24) is 25.0 Å². The third kappa shape index (κ3) is 7.12. The minimum atomic E-state index is -0.804. The molecule has 0 radical (unpaired) electrons. The second-order valence-corrected chi connectivity index (χ2v) is 13.1. The van der Waals surface area contributed by atoms with E-state index in [1.54, 1.807) is 38.0 Å². The topological polar surface area (TPSA) is 153 Å². The number of likely N-dealkylation sites (tertiary alicyclic amines) is 1. The lowest BCUT2D eigenvalue weighted by Gasteiger charge is -2.47. The van der Waals surface area contributed by atoms with E-state index >= 15 is 0 Å². The molecule has 4 unspecified atom stereocenters. The molecule has 3 aliphatic rings. The average Bonchev–Trinajstić information content (AvgIpc) is 3.54. The lowest BCUT2D eigenvalue weighted by Crippen LogP contribution is -2.67. The van der Waals surface area contributed by atoms with Crippen LogP contribution in [0.4, 0.5) is 0 Å². The van der Waals surface area contributed by atoms with Gasteiger partial charge in [0, 0.05) is 49.1 Å². The number of hydrogen-bond donors (Lipinski definition) is 3. The Morgan fingerprint density at radius 2 is 1.95 bits per heavy atom. The Kier molecular flexibility index (Phi) is 9.78. The molecule has 3 saturated heterocycles. The first-order valence-corrected chi connectivity index (χ1v) is 16.4. The summed E-state index contributed by atoms with van der Waals surface area (Å²) < 4.78 is 0. The van der Waals surface area contributed by atoms with Gasteiger partial charge in [-0.05, 0) is 37.2 Å². The number of carbonyl (C=O) groups is 4. The number of guanidine groups is 1. The van der Waals surface area contributed by atoms with Crippen molar-refractivity contribution in [3.8, 4) is 0 Å². The maximum absolute atomic E-state index is 13.7. The molecule has 3 fully saturated rings. The van der Waals surface area contributed by atoms with Crippen LogP contribution < -0.4 is 11.1 Å². The highest BCUT2D eigenvalue weighted by Crippen LogP contribution is 2.28. The summed E-state index contributed by atoms with van der Waals surface area (Å²) in [7, 11) is 0. The summed E-state index contributed by atoms with van der Waals surface area (Å²) in [5.41, 5.74) is 6.80. The Bertz CT molecular complexity index is 1290. The molecule has 0 saturated carbocycles. The molecular weight excluding hydrogens is 574 g/mol. The number of nitrogens with two attached hydrogens (primary N) is 1. The number of thioether (sulfide) groups is 1. The monoisotopic (exact) mass is 611 g/mol. The molecule has 13 heteroatoms. The van der Waals surface area contributed by atoms with Crippen LogP contribution in [0.15, 0.2) is 41.9 Å². The van der Waals surface area contributed by atoms with Crippen LogP contribution in [0.25, 0.3) is 0 Å². The molecule has 4 heterocycles. The molecule has 224 valence electrons. The van der Waals surface area contributed by atoms with E-state index in [1.807, 2.05) is 30.3 Å². The number of aryl methyl sites for hydroxylation is 1. The summed E-state index contributed by atoms with van der Waals surface area (Å²) in [6.07, 6.45) is 4.61. The first-order valence-electron chi connectivity index (χ1n) is 14.3. The van der Waals surface area contributed by atoms with E-state index in [0.29, 0.717) is 55.4 Å². The van der Waals surface area contributed by atoms with Gasteiger partial charge in [0.25, 0.3) is 0 Å². The van der Waals surface area contributed by atoms with Gasteiger partial charge in [-0.15, -0.1) is 11.3 Å². The van der Waals surface area contributed by atoms with E-state index in [9.17, 15) is 19.2 Å². The summed E-state index contributed by atoms with van der Waals surface area (Å²) in [5.74, 6) is 0.219. The van der Waals surface area contributed by atoms with Gasteiger partial charge < -0.3 is 25.8 Å². The second-order valence-electron chi connectivity index (χ2n) is 11.1. The van der Waals surface area contributed by atoms with Crippen LogP contribution in [-0.2, 0) is 20.8 Å². The zero-order valence-corrected chi connectivity index (χ0v) is 25.1. The lowest BCUT2D eigenvalue weighted by atomic mass is 9.89. The molecule has 0 spiro atoms. The standard InChI is InChI=1S/C29H37N7O4S2/c30-29(31)34-11-4-7-20(14-34)13-22(26(39)28-32-10-12-42-28)33-27(40)23-18-41-17-21-15-35(16-25(38)36(21)23)24(37)9-8-19-5-2-1-3-6-19/h1-3,5-6,10,12,20-23H,4,7-9,11,13-18H2,(H3,30,31)(H,33,40). The number of amides is 3. The molecule has 0 aliphatic carbocycles. The maximum atomic E-state index is 13.7. The van der Waals surface area contributed by atoms with Crippen molar-refractivity contribution in [3.63, 3.8) is 0 Å². The predicted octanol–water partition coefficient (Wildman–Crippen LogP) is 1.59. The molecule has 5 rings (SSSR count). The van der Waals surface area contributed by atoms with Gasteiger partial charge in [0.15, 0.2) is 11.0 Å². The quantitative estimate of drug-likeness (QED) is 0.220. The highest BCUT2D eigenvalue weighted by molar-refractivity contribution is 7.99. The smallest absolute Gasteiger partial charge is 0.244 e. The number of nitrogens with zero attached hydrogens (tertiary/aromatic N) is 4. The van der Waals surface area contributed by atoms with Crippen molar-refractivity contribution in [2.24, 2.45) is 11.7 Å². The lowest BCUT2D eigenvalue weighted by molar-refractivity contribution is -0.153. The summed E-state index contributed by atoms with van der Waals surface area (Å²) in [6, 6.07) is 7.99. The van der Waals surface area contributed by atoms with Gasteiger partial charge >= 0.3 is 0 Å². The predicted molar refractivity (Wildman–Crippen MR) is 162 cm³/mol. The molecule has 4 N–H and O–H groups in total. The minimum Gasteiger partial charge on any atom is -0.370 e. The number of nitrogens with one attached hydrogen (secondary N) is 2. The molecule has 4 atom stereocenters. The molecule has 11 nitrogen and oxygen atoms in total. The zero-order chi connectivity index (χ0) is 29.6. The number of carbonyl (C=O) groups excluding carboxylic acids is 4. The Labute approximate surface area is 253 Å². The number of Topliss-reactive ketones (excluding diaryl/α,β-unsaturated/α-hetero) is 1. The van der Waals surface area contributed by atoms with E-state index in [1.165, 1.54) is 11.3 Å². The first kappa shape index (κ1) is 30.0. The van der Waals surface area contributed by atoms with Gasteiger partial charge in [-0.25, -0.2) is 4.98 Å². The van der Waals surface area contributed by atoms with Gasteiger partial charge in [0.2, 0.25) is 23.5 Å². The molecule has 3 amide bonds. The summed E-state index contributed by atoms with van der Waals surface area (Å²) in [5, 5.41) is 12.8. The molecule has 0 bridgehead atoms. The van der Waals surface area contributed by atoms with Gasteiger partial charge in [-0.1, -0.05) is 30.3 Å². The number of ketones is 1. The first-order chi connectivity index (χ1) is 20.3. The van der Waals surface area contributed by atoms with Crippen LogP contribution in [0.3, 0.4) is 0 Å². The van der Waals surface area contributed by atoms with Crippen molar-refractivity contribution in [2.75, 3.05) is 37.7 Å². The fourth-order valence-electron chi connectivity index (χ4n) is 6.06. The van der Waals surface area contributed by atoms with Gasteiger partial charge in [0.05, 0.1) is 18.6 Å².